The number of hydrogen-bond donors (Lipinski definition) is 0. The number of ether oxygens (including phenoxy) is 3. The third kappa shape index (κ3) is 5.25. The van der Waals surface area contributed by atoms with E-state index in [2.05, 4.69) is 17.0 Å². The molecule has 0 bridgehead atoms. The summed E-state index contributed by atoms with van der Waals surface area (Å²) in [6, 6.07) is 10.2. The van der Waals surface area contributed by atoms with Crippen LogP contribution in [0.1, 0.15) is 24.8 Å². The standard InChI is InChI=1S/C23H32N2O4/c26-22(8-4-11-24-13-16-27-17-14-24)25-12-10-23(9-5-15-29-23)21(18-25)28-19-20-6-2-1-3-7-20/h1-4,6-8,21H,5,9-19H2/b8-4+/t21-,23+/m1/s1. The Kier molecular flexibility index (Phi) is 6.98. The quantitative estimate of drug-likeness (QED) is 0.686. The van der Waals surface area contributed by atoms with Crippen LogP contribution in [0, 0.1) is 0 Å². The Balaban J connectivity index is 1.34. The highest BCUT2D eigenvalue weighted by Crippen LogP contribution is 2.38. The number of likely N-dealkylation sites (tertiary alicyclic amines) is 1. The molecule has 158 valence electrons. The molecule has 3 saturated heterocycles. The third-order valence-electron chi connectivity index (χ3n) is 6.25. The van der Waals surface area contributed by atoms with Crippen LogP contribution in [0.2, 0.25) is 0 Å². The lowest BCUT2D eigenvalue weighted by atomic mass is 9.85. The molecule has 1 aromatic rings. The molecular weight excluding hydrogens is 368 g/mol. The van der Waals surface area contributed by atoms with Gasteiger partial charge in [-0.2, -0.15) is 0 Å². The van der Waals surface area contributed by atoms with Gasteiger partial charge in [-0.15, -0.1) is 0 Å². The van der Waals surface area contributed by atoms with E-state index < -0.39 is 0 Å². The van der Waals surface area contributed by atoms with Crippen molar-refractivity contribution in [2.45, 2.75) is 37.6 Å². The zero-order valence-electron chi connectivity index (χ0n) is 17.1. The molecule has 6 nitrogen and oxygen atoms in total. The Morgan fingerprint density at radius 3 is 2.72 bits per heavy atom. The highest BCUT2D eigenvalue weighted by molar-refractivity contribution is 5.87. The van der Waals surface area contributed by atoms with Crippen LogP contribution in [0.15, 0.2) is 42.5 Å². The predicted molar refractivity (Wildman–Crippen MR) is 111 cm³/mol. The molecule has 3 fully saturated rings. The van der Waals surface area contributed by atoms with E-state index in [4.69, 9.17) is 14.2 Å². The minimum atomic E-state index is -0.233. The Labute approximate surface area is 173 Å². The van der Waals surface area contributed by atoms with E-state index in [-0.39, 0.29) is 17.6 Å². The molecule has 0 unspecified atom stereocenters. The summed E-state index contributed by atoms with van der Waals surface area (Å²) in [5.41, 5.74) is 0.915. The molecule has 0 aromatic heterocycles. The summed E-state index contributed by atoms with van der Waals surface area (Å²) in [7, 11) is 0. The molecular formula is C23H32N2O4. The maximum absolute atomic E-state index is 12.8. The molecule has 3 aliphatic rings. The Morgan fingerprint density at radius 1 is 1.14 bits per heavy atom. The van der Waals surface area contributed by atoms with Crippen molar-refractivity contribution >= 4 is 5.91 Å². The molecule has 0 aliphatic carbocycles. The van der Waals surface area contributed by atoms with Crippen LogP contribution in [0.3, 0.4) is 0 Å². The second-order valence-corrected chi connectivity index (χ2v) is 8.15. The fourth-order valence-electron chi connectivity index (χ4n) is 4.48. The maximum Gasteiger partial charge on any atom is 0.246 e. The van der Waals surface area contributed by atoms with Crippen LogP contribution >= 0.6 is 0 Å². The first-order valence-corrected chi connectivity index (χ1v) is 10.8. The van der Waals surface area contributed by atoms with Crippen molar-refractivity contribution in [3.05, 3.63) is 48.0 Å². The highest BCUT2D eigenvalue weighted by atomic mass is 16.6. The van der Waals surface area contributed by atoms with Gasteiger partial charge in [0.15, 0.2) is 0 Å². The summed E-state index contributed by atoms with van der Waals surface area (Å²) >= 11 is 0. The van der Waals surface area contributed by atoms with Crippen molar-refractivity contribution in [1.29, 1.82) is 0 Å². The highest BCUT2D eigenvalue weighted by Gasteiger charge is 2.47. The van der Waals surface area contributed by atoms with Gasteiger partial charge < -0.3 is 19.1 Å². The number of carbonyl (C=O) groups excluding carboxylic acids is 1. The van der Waals surface area contributed by atoms with E-state index in [1.54, 1.807) is 6.08 Å². The molecule has 4 rings (SSSR count). The summed E-state index contributed by atoms with van der Waals surface area (Å²) in [6.45, 7) is 6.86. The second kappa shape index (κ2) is 9.85. The lowest BCUT2D eigenvalue weighted by Crippen LogP contribution is -2.57. The van der Waals surface area contributed by atoms with E-state index in [9.17, 15) is 4.79 Å². The molecule has 3 heterocycles. The number of amides is 1. The van der Waals surface area contributed by atoms with Gasteiger partial charge in [0.05, 0.1) is 25.4 Å². The first kappa shape index (κ1) is 20.5. The van der Waals surface area contributed by atoms with Crippen molar-refractivity contribution in [3.8, 4) is 0 Å². The molecule has 2 atom stereocenters. The lowest BCUT2D eigenvalue weighted by molar-refractivity contribution is -0.165. The largest absolute Gasteiger partial charge is 0.379 e. The monoisotopic (exact) mass is 400 g/mol. The van der Waals surface area contributed by atoms with Crippen molar-refractivity contribution in [2.75, 3.05) is 52.5 Å². The maximum atomic E-state index is 12.8. The molecule has 1 aromatic carbocycles. The molecule has 0 saturated carbocycles. The average molecular weight is 401 g/mol. The van der Waals surface area contributed by atoms with Gasteiger partial charge >= 0.3 is 0 Å². The molecule has 3 aliphatic heterocycles. The topological polar surface area (TPSA) is 51.2 Å². The van der Waals surface area contributed by atoms with Crippen molar-refractivity contribution < 1.29 is 19.0 Å². The van der Waals surface area contributed by atoms with E-state index in [1.807, 2.05) is 29.2 Å². The van der Waals surface area contributed by atoms with Gasteiger partial charge in [0, 0.05) is 45.4 Å². The van der Waals surface area contributed by atoms with E-state index in [0.29, 0.717) is 13.2 Å². The number of benzene rings is 1. The van der Waals surface area contributed by atoms with Gasteiger partial charge in [-0.1, -0.05) is 36.4 Å². The van der Waals surface area contributed by atoms with E-state index in [0.717, 1.165) is 70.8 Å². The Hall–Kier alpha value is -1.73. The Bertz CT molecular complexity index is 681. The second-order valence-electron chi connectivity index (χ2n) is 8.15. The van der Waals surface area contributed by atoms with Crippen LogP contribution < -0.4 is 0 Å². The summed E-state index contributed by atoms with van der Waals surface area (Å²) in [4.78, 5) is 17.0. The summed E-state index contributed by atoms with van der Waals surface area (Å²) in [5.74, 6) is 0.0689. The number of carbonyl (C=O) groups is 1. The number of morpholine rings is 1. The van der Waals surface area contributed by atoms with Crippen LogP contribution in [0.25, 0.3) is 0 Å². The van der Waals surface area contributed by atoms with Gasteiger partial charge in [0.2, 0.25) is 5.91 Å². The average Bonchev–Trinajstić information content (AvgIpc) is 3.24. The minimum absolute atomic E-state index is 0.0689. The molecule has 0 radical (unpaired) electrons. The lowest BCUT2D eigenvalue weighted by Gasteiger charge is -2.44. The minimum Gasteiger partial charge on any atom is -0.379 e. The molecule has 1 spiro atoms. The van der Waals surface area contributed by atoms with E-state index >= 15 is 0 Å². The zero-order chi connectivity index (χ0) is 19.9. The van der Waals surface area contributed by atoms with Gasteiger partial charge in [0.25, 0.3) is 0 Å². The van der Waals surface area contributed by atoms with E-state index in [1.165, 1.54) is 0 Å². The fourth-order valence-corrected chi connectivity index (χ4v) is 4.48. The van der Waals surface area contributed by atoms with Crippen molar-refractivity contribution in [3.63, 3.8) is 0 Å². The smallest absolute Gasteiger partial charge is 0.246 e. The third-order valence-corrected chi connectivity index (χ3v) is 6.25. The molecule has 29 heavy (non-hydrogen) atoms. The molecule has 6 heteroatoms. The zero-order valence-corrected chi connectivity index (χ0v) is 17.1. The number of nitrogens with zero attached hydrogens (tertiary/aromatic N) is 2. The van der Waals surface area contributed by atoms with Crippen LogP contribution in [0.5, 0.6) is 0 Å². The fraction of sp³-hybridized carbons (Fsp3) is 0.609. The predicted octanol–water partition coefficient (Wildman–Crippen LogP) is 2.24. The van der Waals surface area contributed by atoms with Crippen LogP contribution in [-0.2, 0) is 25.6 Å². The molecule has 0 N–H and O–H groups in total. The SMILES string of the molecule is O=C(/C=C/CN1CCOCC1)N1CC[C@@]2(CCCO2)[C@H](OCc2ccccc2)C1. The summed E-state index contributed by atoms with van der Waals surface area (Å²) in [5, 5.41) is 0. The van der Waals surface area contributed by atoms with Crippen LogP contribution in [0.4, 0.5) is 0 Å². The van der Waals surface area contributed by atoms with Crippen molar-refractivity contribution in [2.24, 2.45) is 0 Å². The number of hydrogen-bond acceptors (Lipinski definition) is 5. The normalized spacial score (nSPS) is 28.4. The first-order valence-electron chi connectivity index (χ1n) is 10.8. The number of rotatable bonds is 6. The van der Waals surface area contributed by atoms with Gasteiger partial charge in [0.1, 0.15) is 6.10 Å². The van der Waals surface area contributed by atoms with Gasteiger partial charge in [-0.25, -0.2) is 0 Å². The number of piperidine rings is 1. The first-order chi connectivity index (χ1) is 14.3. The van der Waals surface area contributed by atoms with Crippen LogP contribution in [-0.4, -0.2) is 80.0 Å². The van der Waals surface area contributed by atoms with Gasteiger partial charge in [-0.05, 0) is 24.8 Å². The summed E-state index contributed by atoms with van der Waals surface area (Å²) < 4.78 is 17.9. The molecule has 1 amide bonds. The van der Waals surface area contributed by atoms with Crippen molar-refractivity contribution in [1.82, 2.24) is 9.80 Å². The van der Waals surface area contributed by atoms with Gasteiger partial charge in [-0.3, -0.25) is 9.69 Å². The summed E-state index contributed by atoms with van der Waals surface area (Å²) in [6.07, 6.45) is 6.53. The Morgan fingerprint density at radius 2 is 1.97 bits per heavy atom.